The molecule has 1 heterocycles. The van der Waals surface area contributed by atoms with Crippen LogP contribution in [0, 0.1) is 5.92 Å². The van der Waals surface area contributed by atoms with Gasteiger partial charge in [0.05, 0.1) is 6.04 Å². The van der Waals surface area contributed by atoms with E-state index >= 15 is 0 Å². The molecule has 1 fully saturated rings. The third kappa shape index (κ3) is 3.19. The van der Waals surface area contributed by atoms with Crippen LogP contribution in [-0.4, -0.2) is 16.7 Å². The Balaban J connectivity index is 1.80. The molecule has 2 aromatic rings. The molecule has 1 aromatic heterocycles. The molecule has 100 valence electrons. The zero-order chi connectivity index (χ0) is 13.1. The number of benzene rings is 1. The van der Waals surface area contributed by atoms with E-state index in [-0.39, 0.29) is 6.04 Å². The Morgan fingerprint density at radius 2 is 2.05 bits per heavy atom. The molecular formula is C15H19N3S. The predicted octanol–water partition coefficient (Wildman–Crippen LogP) is 3.19. The van der Waals surface area contributed by atoms with Gasteiger partial charge in [-0.15, -0.1) is 10.2 Å². The van der Waals surface area contributed by atoms with E-state index in [0.29, 0.717) is 0 Å². The molecule has 1 aliphatic carbocycles. The lowest BCUT2D eigenvalue weighted by atomic mass is 10.1. The fourth-order valence-electron chi connectivity index (χ4n) is 2.23. The lowest BCUT2D eigenvalue weighted by Crippen LogP contribution is -2.21. The quantitative estimate of drug-likeness (QED) is 0.878. The third-order valence-electron chi connectivity index (χ3n) is 3.43. The summed E-state index contributed by atoms with van der Waals surface area (Å²) in [6.07, 6.45) is 3.85. The first-order valence-corrected chi connectivity index (χ1v) is 7.79. The van der Waals surface area contributed by atoms with Crippen LogP contribution in [0.5, 0.6) is 0 Å². The van der Waals surface area contributed by atoms with Crippen molar-refractivity contribution in [1.82, 2.24) is 15.5 Å². The minimum Gasteiger partial charge on any atom is -0.304 e. The second-order valence-electron chi connectivity index (χ2n) is 5.08. The van der Waals surface area contributed by atoms with Crippen LogP contribution in [-0.2, 0) is 6.42 Å². The van der Waals surface area contributed by atoms with Gasteiger partial charge in [0.25, 0.3) is 0 Å². The summed E-state index contributed by atoms with van der Waals surface area (Å²) in [5.74, 6) is 0.870. The minimum atomic E-state index is 0.177. The van der Waals surface area contributed by atoms with Crippen molar-refractivity contribution in [3.8, 4) is 0 Å². The Kier molecular flexibility index (Phi) is 3.89. The van der Waals surface area contributed by atoms with E-state index in [0.717, 1.165) is 23.9 Å². The summed E-state index contributed by atoms with van der Waals surface area (Å²) in [7, 11) is 0. The van der Waals surface area contributed by atoms with E-state index < -0.39 is 0 Å². The summed E-state index contributed by atoms with van der Waals surface area (Å²) in [4.78, 5) is 0. The molecule has 0 aliphatic heterocycles. The molecule has 0 spiro atoms. The van der Waals surface area contributed by atoms with Gasteiger partial charge in [0, 0.05) is 6.42 Å². The van der Waals surface area contributed by atoms with Gasteiger partial charge in [-0.25, -0.2) is 0 Å². The van der Waals surface area contributed by atoms with Crippen molar-refractivity contribution in [3.63, 3.8) is 0 Å². The molecular weight excluding hydrogens is 254 g/mol. The average Bonchev–Trinajstić information content (AvgIpc) is 3.14. The molecule has 4 heteroatoms. The molecule has 0 saturated heterocycles. The summed E-state index contributed by atoms with van der Waals surface area (Å²) in [5.41, 5.74) is 1.26. The Bertz CT molecular complexity index is 519. The highest BCUT2D eigenvalue weighted by molar-refractivity contribution is 7.11. The highest BCUT2D eigenvalue weighted by Crippen LogP contribution is 2.34. The van der Waals surface area contributed by atoms with Crippen LogP contribution in [0.4, 0.5) is 0 Å². The van der Waals surface area contributed by atoms with Crippen molar-refractivity contribution >= 4 is 11.3 Å². The normalized spacial score (nSPS) is 16.5. The Morgan fingerprint density at radius 3 is 2.74 bits per heavy atom. The lowest BCUT2D eigenvalue weighted by Gasteiger charge is -2.14. The lowest BCUT2D eigenvalue weighted by molar-refractivity contribution is 0.621. The maximum absolute atomic E-state index is 4.40. The number of nitrogens with zero attached hydrogens (tertiary/aromatic N) is 2. The van der Waals surface area contributed by atoms with Gasteiger partial charge in [-0.2, -0.15) is 0 Å². The molecule has 0 bridgehead atoms. The van der Waals surface area contributed by atoms with Gasteiger partial charge in [-0.05, 0) is 30.9 Å². The average molecular weight is 273 g/mol. The Labute approximate surface area is 118 Å². The fourth-order valence-corrected chi connectivity index (χ4v) is 3.29. The van der Waals surface area contributed by atoms with Crippen molar-refractivity contribution in [1.29, 1.82) is 0 Å². The number of hydrogen-bond acceptors (Lipinski definition) is 4. The predicted molar refractivity (Wildman–Crippen MR) is 78.3 cm³/mol. The first-order chi connectivity index (χ1) is 9.36. The Hall–Kier alpha value is -1.26. The van der Waals surface area contributed by atoms with Crippen LogP contribution in [0.3, 0.4) is 0 Å². The first-order valence-electron chi connectivity index (χ1n) is 6.97. The van der Waals surface area contributed by atoms with Crippen molar-refractivity contribution in [3.05, 3.63) is 45.9 Å². The molecule has 1 unspecified atom stereocenters. The molecule has 1 saturated carbocycles. The minimum absolute atomic E-state index is 0.177. The summed E-state index contributed by atoms with van der Waals surface area (Å²) in [6, 6.07) is 10.7. The molecule has 1 aliphatic rings. The van der Waals surface area contributed by atoms with E-state index in [9.17, 15) is 0 Å². The van der Waals surface area contributed by atoms with Gasteiger partial charge in [-0.3, -0.25) is 0 Å². The topological polar surface area (TPSA) is 37.8 Å². The van der Waals surface area contributed by atoms with Crippen LogP contribution >= 0.6 is 11.3 Å². The molecule has 3 nitrogen and oxygen atoms in total. The number of rotatable bonds is 6. The van der Waals surface area contributed by atoms with E-state index in [1.54, 1.807) is 11.3 Å². The van der Waals surface area contributed by atoms with Crippen LogP contribution in [0.1, 0.15) is 41.4 Å². The second-order valence-corrected chi connectivity index (χ2v) is 6.18. The summed E-state index contributed by atoms with van der Waals surface area (Å²) in [5, 5.41) is 14.5. The second kappa shape index (κ2) is 5.80. The first kappa shape index (κ1) is 12.8. The number of aromatic nitrogens is 2. The van der Waals surface area contributed by atoms with Crippen LogP contribution < -0.4 is 5.32 Å². The van der Waals surface area contributed by atoms with E-state index in [1.165, 1.54) is 23.4 Å². The maximum atomic E-state index is 4.40. The van der Waals surface area contributed by atoms with Gasteiger partial charge < -0.3 is 5.32 Å². The molecule has 0 amide bonds. The van der Waals surface area contributed by atoms with E-state index in [4.69, 9.17) is 0 Å². The molecule has 3 rings (SSSR count). The van der Waals surface area contributed by atoms with Crippen molar-refractivity contribution < 1.29 is 0 Å². The SMILES string of the molecule is CCNC(c1ccccc1)c1nnc(CC2CC2)s1. The van der Waals surface area contributed by atoms with Gasteiger partial charge in [0.2, 0.25) is 0 Å². The molecule has 1 aromatic carbocycles. The van der Waals surface area contributed by atoms with Gasteiger partial charge >= 0.3 is 0 Å². The summed E-state index contributed by atoms with van der Waals surface area (Å²) < 4.78 is 0. The third-order valence-corrected chi connectivity index (χ3v) is 4.44. The molecule has 1 N–H and O–H groups in total. The zero-order valence-corrected chi connectivity index (χ0v) is 12.0. The highest BCUT2D eigenvalue weighted by Gasteiger charge is 2.24. The van der Waals surface area contributed by atoms with E-state index in [1.807, 2.05) is 6.07 Å². The monoisotopic (exact) mass is 273 g/mol. The van der Waals surface area contributed by atoms with Crippen molar-refractivity contribution in [2.24, 2.45) is 5.92 Å². The van der Waals surface area contributed by atoms with Crippen molar-refractivity contribution in [2.75, 3.05) is 6.54 Å². The van der Waals surface area contributed by atoms with Gasteiger partial charge in [0.1, 0.15) is 10.0 Å². The van der Waals surface area contributed by atoms with Crippen LogP contribution in [0.15, 0.2) is 30.3 Å². The van der Waals surface area contributed by atoms with Crippen LogP contribution in [0.25, 0.3) is 0 Å². The molecule has 19 heavy (non-hydrogen) atoms. The van der Waals surface area contributed by atoms with E-state index in [2.05, 4.69) is 46.7 Å². The van der Waals surface area contributed by atoms with Crippen LogP contribution in [0.2, 0.25) is 0 Å². The summed E-state index contributed by atoms with van der Waals surface area (Å²) >= 11 is 1.76. The van der Waals surface area contributed by atoms with Gasteiger partial charge in [0.15, 0.2) is 0 Å². The maximum Gasteiger partial charge on any atom is 0.139 e. The Morgan fingerprint density at radius 1 is 1.26 bits per heavy atom. The zero-order valence-electron chi connectivity index (χ0n) is 11.2. The number of nitrogens with one attached hydrogen (secondary N) is 1. The molecule has 0 radical (unpaired) electrons. The standard InChI is InChI=1S/C15H19N3S/c1-2-16-14(12-6-4-3-5-7-12)15-18-17-13(19-15)10-11-8-9-11/h3-7,11,14,16H,2,8-10H2,1H3. The summed E-state index contributed by atoms with van der Waals surface area (Å²) in [6.45, 7) is 3.05. The highest BCUT2D eigenvalue weighted by atomic mass is 32.1. The number of hydrogen-bond donors (Lipinski definition) is 1. The largest absolute Gasteiger partial charge is 0.304 e. The van der Waals surface area contributed by atoms with Gasteiger partial charge in [-0.1, -0.05) is 48.6 Å². The molecule has 1 atom stereocenters. The fraction of sp³-hybridized carbons (Fsp3) is 0.467. The van der Waals surface area contributed by atoms with Crippen molar-refractivity contribution in [2.45, 2.75) is 32.2 Å². The smallest absolute Gasteiger partial charge is 0.139 e.